The number of benzene rings is 1. The van der Waals surface area contributed by atoms with E-state index >= 15 is 0 Å². The molecule has 1 aromatic carbocycles. The fraction of sp³-hybridized carbons (Fsp3) is 0.409. The van der Waals surface area contributed by atoms with Crippen LogP contribution < -0.4 is 20.9 Å². The van der Waals surface area contributed by atoms with Gasteiger partial charge in [0.25, 0.3) is 5.56 Å². The maximum Gasteiger partial charge on any atom is 0.332 e. The van der Waals surface area contributed by atoms with Gasteiger partial charge in [-0.05, 0) is 30.7 Å². The van der Waals surface area contributed by atoms with Crippen LogP contribution in [0.4, 0.5) is 5.82 Å². The van der Waals surface area contributed by atoms with Crippen molar-refractivity contribution in [3.05, 3.63) is 63.6 Å². The number of nitrogens with zero attached hydrogens (tertiary/aromatic N) is 5. The minimum atomic E-state index is -0.292. The van der Waals surface area contributed by atoms with E-state index in [9.17, 15) is 9.59 Å². The molecule has 0 unspecified atom stereocenters. The van der Waals surface area contributed by atoms with Gasteiger partial charge >= 0.3 is 5.69 Å². The summed E-state index contributed by atoms with van der Waals surface area (Å²) in [6, 6.07) is 9.47. The Hall–Kier alpha value is -3.33. The molecule has 3 aromatic rings. The van der Waals surface area contributed by atoms with Crippen molar-refractivity contribution in [3.63, 3.8) is 0 Å². The number of piperazine rings is 1. The van der Waals surface area contributed by atoms with Crippen molar-refractivity contribution < 1.29 is 4.74 Å². The lowest BCUT2D eigenvalue weighted by molar-refractivity contribution is 0.224. The van der Waals surface area contributed by atoms with Crippen molar-refractivity contribution in [3.8, 4) is 17.1 Å². The molecule has 31 heavy (non-hydrogen) atoms. The summed E-state index contributed by atoms with van der Waals surface area (Å²) >= 11 is 0. The summed E-state index contributed by atoms with van der Waals surface area (Å²) in [5, 5.41) is 0. The van der Waals surface area contributed by atoms with Crippen molar-refractivity contribution in [2.45, 2.75) is 6.42 Å². The fourth-order valence-electron chi connectivity index (χ4n) is 3.84. The van der Waals surface area contributed by atoms with Gasteiger partial charge in [0.15, 0.2) is 0 Å². The molecule has 1 aliphatic rings. The first kappa shape index (κ1) is 20.9. The van der Waals surface area contributed by atoms with E-state index in [-0.39, 0.29) is 11.2 Å². The number of rotatable bonds is 7. The van der Waals surface area contributed by atoms with E-state index in [4.69, 9.17) is 4.74 Å². The lowest BCUT2D eigenvalue weighted by Crippen LogP contribution is -2.49. The Bertz CT molecular complexity index is 1110. The molecule has 0 radical (unpaired) electrons. The van der Waals surface area contributed by atoms with Gasteiger partial charge < -0.3 is 14.6 Å². The van der Waals surface area contributed by atoms with Crippen LogP contribution in [0.5, 0.6) is 5.75 Å². The summed E-state index contributed by atoms with van der Waals surface area (Å²) < 4.78 is 8.54. The van der Waals surface area contributed by atoms with Crippen LogP contribution in [-0.2, 0) is 14.1 Å². The van der Waals surface area contributed by atoms with Crippen LogP contribution in [0.2, 0.25) is 0 Å². The lowest BCUT2D eigenvalue weighted by Gasteiger charge is -2.36. The molecular formula is C22H28N6O3. The maximum absolute atomic E-state index is 12.2. The molecule has 4 rings (SSSR count). The highest BCUT2D eigenvalue weighted by Crippen LogP contribution is 2.19. The molecule has 3 heterocycles. The number of nitrogens with one attached hydrogen (secondary N) is 1. The molecule has 2 aromatic heterocycles. The lowest BCUT2D eigenvalue weighted by atomic mass is 10.2. The second-order valence-electron chi connectivity index (χ2n) is 7.73. The molecule has 0 aliphatic carbocycles. The van der Waals surface area contributed by atoms with Gasteiger partial charge in [0.2, 0.25) is 0 Å². The van der Waals surface area contributed by atoms with E-state index in [2.05, 4.69) is 19.8 Å². The Kier molecular flexibility index (Phi) is 6.22. The molecule has 164 valence electrons. The standard InChI is InChI=1S/C22H28N6O3/c1-25-19(16-20(29)26(2)22(25)30)28-13-11-27(12-14-28)10-3-15-31-18-6-4-17(5-7-18)21-23-8-9-24-21/h4-9,16H,3,10-15H2,1-2H3,(H,23,24). The van der Waals surface area contributed by atoms with Crippen LogP contribution in [-0.4, -0.2) is 63.3 Å². The highest BCUT2D eigenvalue weighted by molar-refractivity contribution is 5.55. The second-order valence-corrected chi connectivity index (χ2v) is 7.73. The zero-order valence-electron chi connectivity index (χ0n) is 18.0. The normalized spacial score (nSPS) is 14.7. The van der Waals surface area contributed by atoms with Gasteiger partial charge in [-0.1, -0.05) is 0 Å². The monoisotopic (exact) mass is 424 g/mol. The third-order valence-corrected chi connectivity index (χ3v) is 5.71. The summed E-state index contributed by atoms with van der Waals surface area (Å²) in [4.78, 5) is 36.0. The first-order chi connectivity index (χ1) is 15.0. The molecule has 1 aliphatic heterocycles. The number of ether oxygens (including phenoxy) is 1. The molecule has 9 heteroatoms. The summed E-state index contributed by atoms with van der Waals surface area (Å²) in [6.45, 7) is 4.96. The van der Waals surface area contributed by atoms with Gasteiger partial charge in [-0.2, -0.15) is 0 Å². The quantitative estimate of drug-likeness (QED) is 0.571. The van der Waals surface area contributed by atoms with Gasteiger partial charge in [0.05, 0.1) is 6.61 Å². The van der Waals surface area contributed by atoms with Gasteiger partial charge in [-0.15, -0.1) is 0 Å². The van der Waals surface area contributed by atoms with Crippen LogP contribution >= 0.6 is 0 Å². The van der Waals surface area contributed by atoms with Crippen LogP contribution in [0.3, 0.4) is 0 Å². The first-order valence-corrected chi connectivity index (χ1v) is 10.5. The zero-order chi connectivity index (χ0) is 21.8. The van der Waals surface area contributed by atoms with E-state index in [0.29, 0.717) is 12.4 Å². The van der Waals surface area contributed by atoms with Crippen LogP contribution in [0.25, 0.3) is 11.4 Å². The molecule has 1 saturated heterocycles. The molecule has 9 nitrogen and oxygen atoms in total. The molecule has 0 amide bonds. The Morgan fingerprint density at radius 2 is 1.77 bits per heavy atom. The average molecular weight is 425 g/mol. The van der Waals surface area contributed by atoms with Crippen LogP contribution in [0.15, 0.2) is 52.3 Å². The minimum absolute atomic E-state index is 0.269. The average Bonchev–Trinajstić information content (AvgIpc) is 3.34. The molecule has 0 atom stereocenters. The minimum Gasteiger partial charge on any atom is -0.494 e. The summed E-state index contributed by atoms with van der Waals surface area (Å²) in [7, 11) is 3.21. The molecular weight excluding hydrogens is 396 g/mol. The van der Waals surface area contributed by atoms with Crippen LogP contribution in [0.1, 0.15) is 6.42 Å². The SMILES string of the molecule is Cn1c(N2CCN(CCCOc3ccc(-c4ncc[nH]4)cc3)CC2)cc(=O)n(C)c1=O. The Labute approximate surface area is 180 Å². The number of hydrogen-bond donors (Lipinski definition) is 1. The number of aromatic amines is 1. The van der Waals surface area contributed by atoms with Gasteiger partial charge in [0.1, 0.15) is 17.4 Å². The van der Waals surface area contributed by atoms with Crippen LogP contribution in [0, 0.1) is 0 Å². The number of imidazole rings is 1. The fourth-order valence-corrected chi connectivity index (χ4v) is 3.84. The Balaban J connectivity index is 1.21. The van der Waals surface area contributed by atoms with E-state index in [0.717, 1.165) is 60.8 Å². The molecule has 0 spiro atoms. The van der Waals surface area contributed by atoms with E-state index in [1.165, 1.54) is 7.05 Å². The van der Waals surface area contributed by atoms with E-state index in [1.807, 2.05) is 30.5 Å². The highest BCUT2D eigenvalue weighted by atomic mass is 16.5. The Morgan fingerprint density at radius 1 is 1.03 bits per heavy atom. The van der Waals surface area contributed by atoms with Gasteiger partial charge in [-0.3, -0.25) is 18.8 Å². The van der Waals surface area contributed by atoms with E-state index < -0.39 is 0 Å². The third kappa shape index (κ3) is 4.72. The highest BCUT2D eigenvalue weighted by Gasteiger charge is 2.20. The summed E-state index contributed by atoms with van der Waals surface area (Å²) in [5.74, 6) is 2.39. The van der Waals surface area contributed by atoms with Crippen molar-refractivity contribution in [2.24, 2.45) is 14.1 Å². The molecule has 1 N–H and O–H groups in total. The summed E-state index contributed by atoms with van der Waals surface area (Å²) in [5.41, 5.74) is 0.470. The number of aromatic nitrogens is 4. The largest absolute Gasteiger partial charge is 0.494 e. The number of anilines is 1. The maximum atomic E-state index is 12.2. The molecule has 1 fully saturated rings. The summed E-state index contributed by atoms with van der Waals surface area (Å²) in [6.07, 6.45) is 4.48. The van der Waals surface area contributed by atoms with E-state index in [1.54, 1.807) is 23.9 Å². The second kappa shape index (κ2) is 9.22. The number of H-pyrrole nitrogens is 1. The molecule has 0 bridgehead atoms. The van der Waals surface area contributed by atoms with Gasteiger partial charge in [0, 0.05) is 70.8 Å². The van der Waals surface area contributed by atoms with Crippen molar-refractivity contribution in [1.82, 2.24) is 24.0 Å². The van der Waals surface area contributed by atoms with Crippen molar-refractivity contribution >= 4 is 5.82 Å². The Morgan fingerprint density at radius 3 is 2.45 bits per heavy atom. The topological polar surface area (TPSA) is 88.4 Å². The first-order valence-electron chi connectivity index (χ1n) is 10.5. The zero-order valence-corrected chi connectivity index (χ0v) is 18.0. The predicted molar refractivity (Wildman–Crippen MR) is 120 cm³/mol. The van der Waals surface area contributed by atoms with Gasteiger partial charge in [-0.25, -0.2) is 9.78 Å². The van der Waals surface area contributed by atoms with Crippen molar-refractivity contribution in [2.75, 3.05) is 44.2 Å². The smallest absolute Gasteiger partial charge is 0.332 e. The predicted octanol–water partition coefficient (Wildman–Crippen LogP) is 1.07. The number of hydrogen-bond acceptors (Lipinski definition) is 6. The van der Waals surface area contributed by atoms with Crippen molar-refractivity contribution in [1.29, 1.82) is 0 Å². The third-order valence-electron chi connectivity index (χ3n) is 5.71. The molecule has 0 saturated carbocycles.